The van der Waals surface area contributed by atoms with E-state index in [4.69, 9.17) is 28.6 Å². The van der Waals surface area contributed by atoms with E-state index < -0.39 is 11.7 Å². The minimum absolute atomic E-state index is 0.0104. The fourth-order valence-electron chi connectivity index (χ4n) is 3.06. The molecule has 1 fully saturated rings. The molecule has 0 amide bonds. The van der Waals surface area contributed by atoms with E-state index in [9.17, 15) is 13.2 Å². The number of piperidine rings is 1. The Kier molecular flexibility index (Phi) is 6.24. The molecule has 1 aliphatic rings. The first-order valence-electron chi connectivity index (χ1n) is 8.56. The van der Waals surface area contributed by atoms with Crippen LogP contribution >= 0.6 is 23.8 Å². The van der Waals surface area contributed by atoms with Crippen molar-refractivity contribution in [3.05, 3.63) is 46.9 Å². The summed E-state index contributed by atoms with van der Waals surface area (Å²) < 4.78 is 43.5. The van der Waals surface area contributed by atoms with E-state index in [1.165, 1.54) is 0 Å². The van der Waals surface area contributed by atoms with E-state index in [1.54, 1.807) is 25.4 Å². The van der Waals surface area contributed by atoms with Crippen molar-refractivity contribution < 1.29 is 17.9 Å². The lowest BCUT2D eigenvalue weighted by Gasteiger charge is -2.33. The zero-order valence-corrected chi connectivity index (χ0v) is 16.5. The summed E-state index contributed by atoms with van der Waals surface area (Å²) in [5.74, 6) is 1.24. The molecule has 150 valence electrons. The van der Waals surface area contributed by atoms with Crippen molar-refractivity contribution in [2.45, 2.75) is 24.9 Å². The molecule has 5 nitrogen and oxygen atoms in total. The number of nitrogens with zero attached hydrogens (tertiary/aromatic N) is 3. The summed E-state index contributed by atoms with van der Waals surface area (Å²) in [6.07, 6.45) is -0.621. The number of ether oxygens (including phenoxy) is 1. The Hall–Kier alpha value is -2.13. The van der Waals surface area contributed by atoms with Gasteiger partial charge in [0, 0.05) is 37.5 Å². The van der Waals surface area contributed by atoms with E-state index in [0.717, 1.165) is 12.3 Å². The van der Waals surface area contributed by atoms with E-state index in [2.05, 4.69) is 15.3 Å². The second-order valence-electron chi connectivity index (χ2n) is 6.36. The molecule has 0 radical (unpaired) electrons. The van der Waals surface area contributed by atoms with E-state index in [1.807, 2.05) is 4.90 Å². The van der Waals surface area contributed by atoms with Crippen LogP contribution in [0.2, 0.25) is 5.02 Å². The first kappa shape index (κ1) is 20.6. The smallest absolute Gasteiger partial charge is 0.417 e. The van der Waals surface area contributed by atoms with Gasteiger partial charge in [-0.25, -0.2) is 4.98 Å². The van der Waals surface area contributed by atoms with Gasteiger partial charge in [0.25, 0.3) is 0 Å². The lowest BCUT2D eigenvalue weighted by atomic mass is 9.93. The predicted molar refractivity (Wildman–Crippen MR) is 105 cm³/mol. The van der Waals surface area contributed by atoms with Gasteiger partial charge in [0.2, 0.25) is 0 Å². The SMILES string of the molecule is COc1ccnc(NC(=S)N2CCC(c3ncc(C(F)(F)F)cc3Cl)CC2)c1. The lowest BCUT2D eigenvalue weighted by Crippen LogP contribution is -2.40. The molecule has 10 heteroatoms. The van der Waals surface area contributed by atoms with Gasteiger partial charge in [-0.3, -0.25) is 4.98 Å². The minimum atomic E-state index is -4.45. The van der Waals surface area contributed by atoms with Crippen LogP contribution in [0.1, 0.15) is 30.0 Å². The van der Waals surface area contributed by atoms with Gasteiger partial charge in [-0.2, -0.15) is 13.2 Å². The number of hydrogen-bond acceptors (Lipinski definition) is 4. The van der Waals surface area contributed by atoms with Crippen molar-refractivity contribution in [1.29, 1.82) is 0 Å². The summed E-state index contributed by atoms with van der Waals surface area (Å²) in [7, 11) is 1.57. The monoisotopic (exact) mass is 430 g/mol. The third kappa shape index (κ3) is 4.82. The standard InChI is InChI=1S/C18H18ClF3N4OS/c1-27-13-2-5-23-15(9-13)25-17(28)26-6-3-11(4-7-26)16-14(19)8-12(10-24-16)18(20,21)22/h2,5,8-11H,3-4,6-7H2,1H3,(H,23,25,28). The first-order valence-corrected chi connectivity index (χ1v) is 9.35. The quantitative estimate of drug-likeness (QED) is 0.710. The fraction of sp³-hybridized carbons (Fsp3) is 0.389. The van der Waals surface area contributed by atoms with Crippen LogP contribution in [-0.2, 0) is 6.18 Å². The predicted octanol–water partition coefficient (Wildman–Crippen LogP) is 4.73. The summed E-state index contributed by atoms with van der Waals surface area (Å²) in [4.78, 5) is 10.2. The van der Waals surface area contributed by atoms with Crippen LogP contribution in [0.3, 0.4) is 0 Å². The maximum absolute atomic E-state index is 12.8. The van der Waals surface area contributed by atoms with Crippen molar-refractivity contribution in [2.75, 3.05) is 25.5 Å². The number of anilines is 1. The van der Waals surface area contributed by atoms with Crippen LogP contribution in [0, 0.1) is 0 Å². The van der Waals surface area contributed by atoms with Gasteiger partial charge in [-0.05, 0) is 37.2 Å². The van der Waals surface area contributed by atoms with Crippen molar-refractivity contribution in [1.82, 2.24) is 14.9 Å². The van der Waals surface area contributed by atoms with Crippen molar-refractivity contribution in [3.63, 3.8) is 0 Å². The molecular formula is C18H18ClF3N4OS. The summed E-state index contributed by atoms with van der Waals surface area (Å²) in [5, 5.41) is 3.66. The maximum Gasteiger partial charge on any atom is 0.417 e. The van der Waals surface area contributed by atoms with Gasteiger partial charge in [-0.1, -0.05) is 11.6 Å². The molecule has 28 heavy (non-hydrogen) atoms. The molecule has 1 aliphatic heterocycles. The van der Waals surface area contributed by atoms with Gasteiger partial charge in [0.1, 0.15) is 11.6 Å². The number of nitrogens with one attached hydrogen (secondary N) is 1. The molecule has 1 saturated heterocycles. The number of likely N-dealkylation sites (tertiary alicyclic amines) is 1. The summed E-state index contributed by atoms with van der Waals surface area (Å²) in [6.45, 7) is 1.28. The Balaban J connectivity index is 1.60. The topological polar surface area (TPSA) is 50.3 Å². The van der Waals surface area contributed by atoms with Crippen molar-refractivity contribution >= 4 is 34.7 Å². The number of methoxy groups -OCH3 is 1. The Morgan fingerprint density at radius 2 is 2.00 bits per heavy atom. The number of thiocarbonyl (C=S) groups is 1. The highest BCUT2D eigenvalue weighted by Crippen LogP contribution is 2.35. The maximum atomic E-state index is 12.8. The molecule has 0 bridgehead atoms. The average Bonchev–Trinajstić information content (AvgIpc) is 2.67. The van der Waals surface area contributed by atoms with Crippen molar-refractivity contribution in [2.24, 2.45) is 0 Å². The van der Waals surface area contributed by atoms with E-state index in [0.29, 0.717) is 48.3 Å². The summed E-state index contributed by atoms with van der Waals surface area (Å²) in [6, 6.07) is 4.42. The second kappa shape index (κ2) is 8.48. The molecule has 0 aromatic carbocycles. The molecule has 3 heterocycles. The van der Waals surface area contributed by atoms with Gasteiger partial charge >= 0.3 is 6.18 Å². The molecule has 3 rings (SSSR count). The van der Waals surface area contributed by atoms with Crippen LogP contribution in [0.5, 0.6) is 5.75 Å². The van der Waals surface area contributed by atoms with Crippen LogP contribution in [-0.4, -0.2) is 40.2 Å². The third-order valence-corrected chi connectivity index (χ3v) is 5.23. The van der Waals surface area contributed by atoms with Gasteiger partial charge < -0.3 is 15.0 Å². The lowest BCUT2D eigenvalue weighted by molar-refractivity contribution is -0.137. The van der Waals surface area contributed by atoms with Gasteiger partial charge in [0.15, 0.2) is 5.11 Å². The average molecular weight is 431 g/mol. The molecule has 0 atom stereocenters. The highest BCUT2D eigenvalue weighted by Gasteiger charge is 2.33. The van der Waals surface area contributed by atoms with Crippen LogP contribution in [0.4, 0.5) is 19.0 Å². The van der Waals surface area contributed by atoms with E-state index >= 15 is 0 Å². The van der Waals surface area contributed by atoms with E-state index in [-0.39, 0.29) is 10.9 Å². The highest BCUT2D eigenvalue weighted by molar-refractivity contribution is 7.80. The Morgan fingerprint density at radius 3 is 2.61 bits per heavy atom. The zero-order valence-electron chi connectivity index (χ0n) is 15.0. The van der Waals surface area contributed by atoms with Crippen molar-refractivity contribution in [3.8, 4) is 5.75 Å². The van der Waals surface area contributed by atoms with Crippen LogP contribution in [0.25, 0.3) is 0 Å². The largest absolute Gasteiger partial charge is 0.497 e. The Morgan fingerprint density at radius 1 is 1.29 bits per heavy atom. The molecular weight excluding hydrogens is 413 g/mol. The third-order valence-electron chi connectivity index (χ3n) is 4.57. The second-order valence-corrected chi connectivity index (χ2v) is 7.16. The van der Waals surface area contributed by atoms with Gasteiger partial charge in [0.05, 0.1) is 23.4 Å². The fourth-order valence-corrected chi connectivity index (χ4v) is 3.66. The molecule has 2 aromatic rings. The normalized spacial score (nSPS) is 15.4. The summed E-state index contributed by atoms with van der Waals surface area (Å²) in [5.41, 5.74) is -0.336. The number of halogens is 4. The van der Waals surface area contributed by atoms with Gasteiger partial charge in [-0.15, -0.1) is 0 Å². The Labute approximate surface area is 170 Å². The first-order chi connectivity index (χ1) is 13.3. The molecule has 0 aliphatic carbocycles. The number of rotatable bonds is 3. The van der Waals surface area contributed by atoms with Crippen LogP contribution < -0.4 is 10.1 Å². The Bertz CT molecular complexity index is 857. The molecule has 2 aromatic heterocycles. The number of pyridine rings is 2. The molecule has 0 saturated carbocycles. The van der Waals surface area contributed by atoms with Crippen LogP contribution in [0.15, 0.2) is 30.6 Å². The molecule has 0 unspecified atom stereocenters. The number of alkyl halides is 3. The highest BCUT2D eigenvalue weighted by atomic mass is 35.5. The number of aromatic nitrogens is 2. The molecule has 0 spiro atoms. The summed E-state index contributed by atoms with van der Waals surface area (Å²) >= 11 is 11.5. The molecule has 1 N–H and O–H groups in total. The minimum Gasteiger partial charge on any atom is -0.497 e. The number of hydrogen-bond donors (Lipinski definition) is 1. The zero-order chi connectivity index (χ0) is 20.3.